The zero-order valence-corrected chi connectivity index (χ0v) is 21.1. The van der Waals surface area contributed by atoms with E-state index in [0.717, 1.165) is 53.2 Å². The van der Waals surface area contributed by atoms with E-state index in [4.69, 9.17) is 4.74 Å². The van der Waals surface area contributed by atoms with Crippen LogP contribution >= 0.6 is 11.8 Å². The monoisotopic (exact) mass is 489 g/mol. The van der Waals surface area contributed by atoms with E-state index in [2.05, 4.69) is 36.9 Å². The highest BCUT2D eigenvalue weighted by Crippen LogP contribution is 2.39. The van der Waals surface area contributed by atoms with Crippen molar-refractivity contribution in [2.45, 2.75) is 74.3 Å². The van der Waals surface area contributed by atoms with E-state index in [1.165, 1.54) is 11.6 Å². The van der Waals surface area contributed by atoms with Crippen LogP contribution < -0.4 is 4.74 Å². The Labute approximate surface area is 211 Å². The van der Waals surface area contributed by atoms with Gasteiger partial charge in [0.25, 0.3) is 5.91 Å². The Hall–Kier alpha value is -2.79. The van der Waals surface area contributed by atoms with E-state index in [1.54, 1.807) is 23.9 Å². The summed E-state index contributed by atoms with van der Waals surface area (Å²) in [6, 6.07) is 23.3. The summed E-state index contributed by atoms with van der Waals surface area (Å²) in [7, 11) is 0. The molecule has 35 heavy (non-hydrogen) atoms. The minimum absolute atomic E-state index is 0.128. The molecule has 0 radical (unpaired) electrons. The van der Waals surface area contributed by atoms with E-state index >= 15 is 0 Å². The largest absolute Gasteiger partial charge is 0.490 e. The lowest BCUT2D eigenvalue weighted by molar-refractivity contribution is 0.0356. The molecule has 0 spiro atoms. The van der Waals surface area contributed by atoms with Gasteiger partial charge in [-0.05, 0) is 66.3 Å². The molecule has 2 bridgehead atoms. The van der Waals surface area contributed by atoms with Crippen LogP contribution in [0.15, 0.2) is 77.7 Å². The number of nitrogens with zero attached hydrogens (tertiary/aromatic N) is 1. The van der Waals surface area contributed by atoms with Gasteiger partial charge in [-0.3, -0.25) is 4.79 Å². The quantitative estimate of drug-likeness (QED) is 0.323. The molecule has 182 valence electrons. The van der Waals surface area contributed by atoms with E-state index < -0.39 is 0 Å². The Morgan fingerprint density at radius 1 is 1.00 bits per heavy atom. The molecule has 0 saturated carbocycles. The molecule has 2 atom stereocenters. The molecule has 3 nitrogen and oxygen atoms in total. The number of amides is 1. The zero-order chi connectivity index (χ0) is 24.4. The second-order valence-corrected chi connectivity index (χ2v) is 11.0. The van der Waals surface area contributed by atoms with Crippen LogP contribution in [0.3, 0.4) is 0 Å². The summed E-state index contributed by atoms with van der Waals surface area (Å²) >= 11 is 1.60. The molecule has 1 amide bonds. The topological polar surface area (TPSA) is 29.5 Å². The molecule has 2 fully saturated rings. The minimum Gasteiger partial charge on any atom is -0.490 e. The third kappa shape index (κ3) is 5.40. The van der Waals surface area contributed by atoms with Gasteiger partial charge in [-0.15, -0.1) is 11.8 Å². The number of carbonyl (C=O) groups excluding carboxylic acids is 1. The summed E-state index contributed by atoms with van der Waals surface area (Å²) < 4.78 is 19.9. The van der Waals surface area contributed by atoms with Crippen molar-refractivity contribution in [1.82, 2.24) is 4.90 Å². The first-order valence-corrected chi connectivity index (χ1v) is 13.5. The maximum atomic E-state index is 13.4. The second-order valence-electron chi connectivity index (χ2n) is 9.94. The minimum atomic E-state index is -0.219. The Balaban J connectivity index is 1.21. The smallest absolute Gasteiger partial charge is 0.254 e. The van der Waals surface area contributed by atoms with Crippen LogP contribution in [0.2, 0.25) is 0 Å². The van der Waals surface area contributed by atoms with Gasteiger partial charge >= 0.3 is 0 Å². The van der Waals surface area contributed by atoms with Crippen LogP contribution in [0.4, 0.5) is 4.39 Å². The number of piperidine rings is 1. The number of carbonyl (C=O) groups is 1. The Morgan fingerprint density at radius 3 is 2.40 bits per heavy atom. The van der Waals surface area contributed by atoms with Crippen LogP contribution in [0.5, 0.6) is 5.75 Å². The van der Waals surface area contributed by atoms with Crippen LogP contribution in [0, 0.1) is 5.82 Å². The van der Waals surface area contributed by atoms with E-state index in [-0.39, 0.29) is 29.9 Å². The summed E-state index contributed by atoms with van der Waals surface area (Å²) in [5.41, 5.74) is 3.11. The molecular weight excluding hydrogens is 457 g/mol. The molecular formula is C30H32FNO2S. The lowest BCUT2D eigenvalue weighted by Gasteiger charge is -2.39. The average molecular weight is 490 g/mol. The van der Waals surface area contributed by atoms with Crippen molar-refractivity contribution in [2.75, 3.05) is 0 Å². The van der Waals surface area contributed by atoms with Crippen molar-refractivity contribution in [3.63, 3.8) is 0 Å². The third-order valence-corrected chi connectivity index (χ3v) is 8.23. The number of halogens is 1. The Morgan fingerprint density at radius 2 is 1.71 bits per heavy atom. The molecule has 5 rings (SSSR count). The summed E-state index contributed by atoms with van der Waals surface area (Å²) in [5.74, 6) is 2.05. The average Bonchev–Trinajstić information content (AvgIpc) is 3.13. The Bertz CT molecular complexity index is 1160. The predicted octanol–water partition coefficient (Wildman–Crippen LogP) is 7.46. The lowest BCUT2D eigenvalue weighted by Crippen LogP contribution is -2.49. The predicted molar refractivity (Wildman–Crippen MR) is 140 cm³/mol. The first kappa shape index (κ1) is 23.9. The highest BCUT2D eigenvalue weighted by Gasteiger charge is 2.44. The van der Waals surface area contributed by atoms with Crippen molar-refractivity contribution in [2.24, 2.45) is 0 Å². The Kier molecular flexibility index (Phi) is 7.14. The van der Waals surface area contributed by atoms with Crippen LogP contribution in [-0.2, 0) is 5.75 Å². The van der Waals surface area contributed by atoms with Gasteiger partial charge in [0.1, 0.15) is 17.7 Å². The molecule has 3 aromatic carbocycles. The van der Waals surface area contributed by atoms with Crippen molar-refractivity contribution in [3.05, 3.63) is 95.3 Å². The second kappa shape index (κ2) is 10.4. The molecule has 0 N–H and O–H groups in total. The third-order valence-electron chi connectivity index (χ3n) is 7.16. The number of fused-ring (bicyclic) bond motifs is 2. The standard InChI is InChI=1S/C30H32FNO2S/c1-20(2)28-8-3-4-9-29(28)34-26-17-24-14-15-25(18-26)32(24)30(33)22-12-10-21(11-13-22)19-35-27-7-5-6-23(31)16-27/h3-13,16,20,24-26H,14-15,17-19H2,1-2H3. The summed E-state index contributed by atoms with van der Waals surface area (Å²) in [6.45, 7) is 4.39. The van der Waals surface area contributed by atoms with Gasteiger partial charge in [-0.2, -0.15) is 0 Å². The molecule has 3 aromatic rings. The molecule has 2 unspecified atom stereocenters. The highest BCUT2D eigenvalue weighted by molar-refractivity contribution is 7.98. The number of rotatable bonds is 7. The number of hydrogen-bond donors (Lipinski definition) is 0. The fourth-order valence-electron chi connectivity index (χ4n) is 5.42. The summed E-state index contributed by atoms with van der Waals surface area (Å²) in [4.78, 5) is 16.5. The SMILES string of the molecule is CC(C)c1ccccc1OC1CC2CCC(C1)N2C(=O)c1ccc(CSc2cccc(F)c2)cc1. The van der Waals surface area contributed by atoms with E-state index in [0.29, 0.717) is 5.92 Å². The van der Waals surface area contributed by atoms with Gasteiger partial charge in [0.2, 0.25) is 0 Å². The molecule has 2 aliphatic rings. The van der Waals surface area contributed by atoms with Gasteiger partial charge < -0.3 is 9.64 Å². The number of benzene rings is 3. The number of ether oxygens (including phenoxy) is 1. The molecule has 2 heterocycles. The highest BCUT2D eigenvalue weighted by atomic mass is 32.2. The number of thioether (sulfide) groups is 1. The molecule has 2 aliphatic heterocycles. The van der Waals surface area contributed by atoms with Crippen molar-refractivity contribution in [3.8, 4) is 5.75 Å². The van der Waals surface area contributed by atoms with Gasteiger partial charge in [-0.1, -0.05) is 50.2 Å². The fourth-order valence-corrected chi connectivity index (χ4v) is 6.31. The number of hydrogen-bond acceptors (Lipinski definition) is 3. The van der Waals surface area contributed by atoms with Gasteiger partial charge in [0.05, 0.1) is 0 Å². The van der Waals surface area contributed by atoms with Crippen molar-refractivity contribution < 1.29 is 13.9 Å². The maximum Gasteiger partial charge on any atom is 0.254 e. The molecule has 0 aromatic heterocycles. The lowest BCUT2D eigenvalue weighted by atomic mass is 9.97. The van der Waals surface area contributed by atoms with Crippen molar-refractivity contribution >= 4 is 17.7 Å². The van der Waals surface area contributed by atoms with E-state index in [1.807, 2.05) is 36.4 Å². The first-order valence-electron chi connectivity index (χ1n) is 12.5. The van der Waals surface area contributed by atoms with Crippen LogP contribution in [-0.4, -0.2) is 29.0 Å². The molecule has 5 heteroatoms. The maximum absolute atomic E-state index is 13.4. The van der Waals surface area contributed by atoms with Crippen molar-refractivity contribution in [1.29, 1.82) is 0 Å². The summed E-state index contributed by atoms with van der Waals surface area (Å²) in [5, 5.41) is 0. The van der Waals surface area contributed by atoms with Gasteiger partial charge in [-0.25, -0.2) is 4.39 Å². The fraction of sp³-hybridized carbons (Fsp3) is 0.367. The van der Waals surface area contributed by atoms with Crippen LogP contribution in [0.1, 0.15) is 66.9 Å². The first-order chi connectivity index (χ1) is 17.0. The number of para-hydroxylation sites is 1. The van der Waals surface area contributed by atoms with Gasteiger partial charge in [0.15, 0.2) is 0 Å². The van der Waals surface area contributed by atoms with Gasteiger partial charge in [0, 0.05) is 41.1 Å². The summed E-state index contributed by atoms with van der Waals surface area (Å²) in [6.07, 6.45) is 4.02. The molecule has 0 aliphatic carbocycles. The normalized spacial score (nSPS) is 21.4. The van der Waals surface area contributed by atoms with E-state index in [9.17, 15) is 9.18 Å². The molecule has 2 saturated heterocycles. The zero-order valence-electron chi connectivity index (χ0n) is 20.3. The van der Waals surface area contributed by atoms with Crippen LogP contribution in [0.25, 0.3) is 0 Å².